The van der Waals surface area contributed by atoms with E-state index in [-0.39, 0.29) is 11.7 Å². The molecule has 1 amide bonds. The first-order valence-corrected chi connectivity index (χ1v) is 11.7. The van der Waals surface area contributed by atoms with Gasteiger partial charge in [-0.1, -0.05) is 24.6 Å². The van der Waals surface area contributed by atoms with E-state index in [1.165, 1.54) is 10.4 Å². The molecule has 2 aromatic carbocycles. The van der Waals surface area contributed by atoms with Crippen LogP contribution < -0.4 is 5.32 Å². The predicted octanol–water partition coefficient (Wildman–Crippen LogP) is 3.05. The molecule has 158 valence electrons. The Bertz CT molecular complexity index is 1190. The van der Waals surface area contributed by atoms with Gasteiger partial charge in [0.05, 0.1) is 17.3 Å². The number of carbonyl (C=O) groups is 1. The molecule has 1 aliphatic heterocycles. The number of anilines is 1. The first kappa shape index (κ1) is 20.5. The highest BCUT2D eigenvalue weighted by molar-refractivity contribution is 7.88. The number of nitrogens with one attached hydrogen (secondary N) is 2. The molecule has 3 aromatic rings. The van der Waals surface area contributed by atoms with Crippen molar-refractivity contribution in [1.29, 1.82) is 0 Å². The van der Waals surface area contributed by atoms with Crippen LogP contribution in [0.5, 0.6) is 0 Å². The van der Waals surface area contributed by atoms with Gasteiger partial charge in [0.15, 0.2) is 0 Å². The molecule has 1 aliphatic rings. The number of aromatic nitrogens is 2. The van der Waals surface area contributed by atoms with E-state index in [1.54, 1.807) is 36.4 Å². The molecular formula is C21H23FN4O3S. The van der Waals surface area contributed by atoms with Crippen LogP contribution in [0, 0.1) is 5.82 Å². The Morgan fingerprint density at radius 2 is 2.07 bits per heavy atom. The van der Waals surface area contributed by atoms with Crippen LogP contribution in [0.3, 0.4) is 0 Å². The molecule has 1 aromatic heterocycles. The lowest BCUT2D eigenvalue weighted by Crippen LogP contribution is -2.49. The number of hydrogen-bond acceptors (Lipinski definition) is 4. The topological polar surface area (TPSA) is 95.2 Å². The minimum Gasteiger partial charge on any atom is -0.342 e. The van der Waals surface area contributed by atoms with Crippen molar-refractivity contribution >= 4 is 32.7 Å². The summed E-state index contributed by atoms with van der Waals surface area (Å²) >= 11 is 0. The summed E-state index contributed by atoms with van der Waals surface area (Å²) in [7, 11) is -3.45. The monoisotopic (exact) mass is 430 g/mol. The standard InChI is InChI=1S/C21H23FN4O3S/c1-30(28,29)26-11-5-4-8-19(26)21(27)23-15-9-10-17-18(13-15)25-20(24-17)12-14-6-2-3-7-16(14)22/h2-3,6-7,9-10,13,19H,4-5,8,11-12H2,1H3,(H,23,27)(H,24,25). The van der Waals surface area contributed by atoms with Gasteiger partial charge in [-0.15, -0.1) is 0 Å². The van der Waals surface area contributed by atoms with Crippen molar-refractivity contribution in [3.05, 3.63) is 59.7 Å². The van der Waals surface area contributed by atoms with Crippen LogP contribution in [-0.4, -0.2) is 47.4 Å². The van der Waals surface area contributed by atoms with Gasteiger partial charge in [-0.05, 0) is 42.7 Å². The van der Waals surface area contributed by atoms with Crippen LogP contribution in [-0.2, 0) is 21.2 Å². The molecule has 2 heterocycles. The second kappa shape index (κ2) is 8.16. The summed E-state index contributed by atoms with van der Waals surface area (Å²) in [6.07, 6.45) is 3.52. The normalized spacial score (nSPS) is 17.9. The highest BCUT2D eigenvalue weighted by Crippen LogP contribution is 2.23. The number of carbonyl (C=O) groups excluding carboxylic acids is 1. The fourth-order valence-electron chi connectivity index (χ4n) is 3.84. The number of nitrogens with zero attached hydrogens (tertiary/aromatic N) is 2. The minimum absolute atomic E-state index is 0.283. The van der Waals surface area contributed by atoms with Gasteiger partial charge in [0.2, 0.25) is 15.9 Å². The molecule has 0 radical (unpaired) electrons. The number of sulfonamides is 1. The predicted molar refractivity (Wildman–Crippen MR) is 113 cm³/mol. The average molecular weight is 431 g/mol. The minimum atomic E-state index is -3.45. The molecule has 0 saturated carbocycles. The Kier molecular flexibility index (Phi) is 5.57. The van der Waals surface area contributed by atoms with Gasteiger partial charge in [0.25, 0.3) is 0 Å². The van der Waals surface area contributed by atoms with Crippen molar-refractivity contribution in [2.75, 3.05) is 18.1 Å². The summed E-state index contributed by atoms with van der Waals surface area (Å²) in [5.74, 6) is -0.00602. The van der Waals surface area contributed by atoms with Gasteiger partial charge in [-0.25, -0.2) is 17.8 Å². The Hall–Kier alpha value is -2.78. The van der Waals surface area contributed by atoms with Crippen LogP contribution in [0.4, 0.5) is 10.1 Å². The van der Waals surface area contributed by atoms with E-state index in [2.05, 4.69) is 15.3 Å². The third-order valence-corrected chi connectivity index (χ3v) is 6.59. The largest absolute Gasteiger partial charge is 0.342 e. The Morgan fingerprint density at radius 1 is 1.27 bits per heavy atom. The van der Waals surface area contributed by atoms with Crippen molar-refractivity contribution in [1.82, 2.24) is 14.3 Å². The van der Waals surface area contributed by atoms with Gasteiger partial charge in [0.1, 0.15) is 17.7 Å². The van der Waals surface area contributed by atoms with E-state index >= 15 is 0 Å². The summed E-state index contributed by atoms with van der Waals surface area (Å²) in [5.41, 5.74) is 2.51. The maximum atomic E-state index is 13.9. The Labute approximate surface area is 174 Å². The molecule has 4 rings (SSSR count). The molecule has 1 fully saturated rings. The number of rotatable bonds is 5. The van der Waals surface area contributed by atoms with Crippen LogP contribution in [0.15, 0.2) is 42.5 Å². The molecule has 7 nitrogen and oxygen atoms in total. The number of H-pyrrole nitrogens is 1. The summed E-state index contributed by atoms with van der Waals surface area (Å²) in [5, 5.41) is 2.82. The number of piperidine rings is 1. The quantitative estimate of drug-likeness (QED) is 0.650. The number of halogens is 1. The van der Waals surface area contributed by atoms with E-state index in [4.69, 9.17) is 0 Å². The lowest BCUT2D eigenvalue weighted by molar-refractivity contribution is -0.120. The van der Waals surface area contributed by atoms with Gasteiger partial charge >= 0.3 is 0 Å². The molecule has 0 bridgehead atoms. The second-order valence-corrected chi connectivity index (χ2v) is 9.49. The molecule has 1 unspecified atom stereocenters. The number of benzene rings is 2. The number of amides is 1. The highest BCUT2D eigenvalue weighted by atomic mass is 32.2. The SMILES string of the molecule is CS(=O)(=O)N1CCCCC1C(=O)Nc1ccc2nc(Cc3ccccc3F)[nH]c2c1. The van der Waals surface area contributed by atoms with Crippen LogP contribution in [0.2, 0.25) is 0 Å². The van der Waals surface area contributed by atoms with Gasteiger partial charge in [0, 0.05) is 18.7 Å². The Morgan fingerprint density at radius 3 is 2.83 bits per heavy atom. The van der Waals surface area contributed by atoms with Crippen LogP contribution >= 0.6 is 0 Å². The van der Waals surface area contributed by atoms with Crippen molar-refractivity contribution in [3.63, 3.8) is 0 Å². The smallest absolute Gasteiger partial charge is 0.242 e. The molecule has 0 aliphatic carbocycles. The highest BCUT2D eigenvalue weighted by Gasteiger charge is 2.34. The van der Waals surface area contributed by atoms with E-state index in [0.717, 1.165) is 19.1 Å². The fourth-order valence-corrected chi connectivity index (χ4v) is 4.96. The molecule has 0 spiro atoms. The van der Waals surface area contributed by atoms with Crippen molar-refractivity contribution < 1.29 is 17.6 Å². The van der Waals surface area contributed by atoms with Crippen molar-refractivity contribution in [2.45, 2.75) is 31.7 Å². The van der Waals surface area contributed by atoms with E-state index in [1.807, 2.05) is 0 Å². The molecule has 2 N–H and O–H groups in total. The zero-order valence-corrected chi connectivity index (χ0v) is 17.4. The van der Waals surface area contributed by atoms with E-state index < -0.39 is 16.1 Å². The summed E-state index contributed by atoms with van der Waals surface area (Å²) in [6.45, 7) is 0.357. The third kappa shape index (κ3) is 4.36. The summed E-state index contributed by atoms with van der Waals surface area (Å²) in [6, 6.07) is 11.1. The average Bonchev–Trinajstić information content (AvgIpc) is 3.10. The van der Waals surface area contributed by atoms with Crippen LogP contribution in [0.25, 0.3) is 11.0 Å². The Balaban J connectivity index is 1.52. The molecule has 1 saturated heterocycles. The second-order valence-electron chi connectivity index (χ2n) is 7.56. The third-order valence-electron chi connectivity index (χ3n) is 5.30. The van der Waals surface area contributed by atoms with Gasteiger partial charge in [-0.3, -0.25) is 4.79 Å². The summed E-state index contributed by atoms with van der Waals surface area (Å²) < 4.78 is 39.2. The fraction of sp³-hybridized carbons (Fsp3) is 0.333. The number of fused-ring (bicyclic) bond motifs is 1. The van der Waals surface area contributed by atoms with Crippen molar-refractivity contribution in [2.24, 2.45) is 0 Å². The molecule has 1 atom stereocenters. The molecular weight excluding hydrogens is 407 g/mol. The van der Waals surface area contributed by atoms with Gasteiger partial charge < -0.3 is 10.3 Å². The lowest BCUT2D eigenvalue weighted by Gasteiger charge is -2.32. The van der Waals surface area contributed by atoms with Crippen molar-refractivity contribution in [3.8, 4) is 0 Å². The first-order chi connectivity index (χ1) is 14.3. The zero-order valence-electron chi connectivity index (χ0n) is 16.6. The maximum absolute atomic E-state index is 13.9. The number of hydrogen-bond donors (Lipinski definition) is 2. The number of imidazole rings is 1. The molecule has 9 heteroatoms. The van der Waals surface area contributed by atoms with E-state index in [0.29, 0.717) is 47.5 Å². The summed E-state index contributed by atoms with van der Waals surface area (Å²) in [4.78, 5) is 20.4. The molecule has 30 heavy (non-hydrogen) atoms. The lowest BCUT2D eigenvalue weighted by atomic mass is 10.0. The van der Waals surface area contributed by atoms with E-state index in [9.17, 15) is 17.6 Å². The zero-order chi connectivity index (χ0) is 21.3. The maximum Gasteiger partial charge on any atom is 0.242 e. The van der Waals surface area contributed by atoms with Crippen LogP contribution in [0.1, 0.15) is 30.7 Å². The first-order valence-electron chi connectivity index (χ1n) is 9.81. The number of aromatic amines is 1. The van der Waals surface area contributed by atoms with Gasteiger partial charge in [-0.2, -0.15) is 4.31 Å².